The third-order valence-corrected chi connectivity index (χ3v) is 2.93. The minimum absolute atomic E-state index is 0.0345. The molecule has 6 nitrogen and oxygen atoms in total. The number of benzene rings is 1. The Morgan fingerprint density at radius 3 is 2.16 bits per heavy atom. The summed E-state index contributed by atoms with van der Waals surface area (Å²) >= 11 is 0. The van der Waals surface area contributed by atoms with E-state index in [2.05, 4.69) is 5.32 Å². The number of hydrogen-bond donors (Lipinski definition) is 4. The van der Waals surface area contributed by atoms with Gasteiger partial charge >= 0.3 is 12.1 Å². The largest absolute Gasteiger partial charge is 0.496 e. The second kappa shape index (κ2) is 9.59. The number of ether oxygens (including phenoxy) is 1. The lowest BCUT2D eigenvalue weighted by Gasteiger charge is -2.23. The van der Waals surface area contributed by atoms with Crippen LogP contribution in [0.4, 0.5) is 13.2 Å². The molecule has 0 fully saturated rings. The van der Waals surface area contributed by atoms with Gasteiger partial charge in [0.1, 0.15) is 5.75 Å². The minimum Gasteiger partial charge on any atom is -0.496 e. The van der Waals surface area contributed by atoms with E-state index >= 15 is 0 Å². The summed E-state index contributed by atoms with van der Waals surface area (Å²) in [7, 11) is 1.56. The molecule has 144 valence electrons. The number of alkyl halides is 3. The lowest BCUT2D eigenvalue weighted by Crippen LogP contribution is -2.38. The molecule has 1 aromatic carbocycles. The van der Waals surface area contributed by atoms with Gasteiger partial charge in [0.2, 0.25) is 0 Å². The van der Waals surface area contributed by atoms with Crippen molar-refractivity contribution in [1.29, 1.82) is 0 Å². The average molecular weight is 367 g/mol. The smallest absolute Gasteiger partial charge is 0.490 e. The number of carboxylic acid groups (broad SMARTS) is 1. The molecule has 0 spiro atoms. The first-order chi connectivity index (χ1) is 11.3. The van der Waals surface area contributed by atoms with Crippen molar-refractivity contribution >= 4 is 5.97 Å². The van der Waals surface area contributed by atoms with E-state index in [1.807, 2.05) is 26.8 Å². The normalized spacial score (nSPS) is 12.8. The number of aliphatic hydroxyl groups excluding tert-OH is 2. The van der Waals surface area contributed by atoms with Gasteiger partial charge in [-0.3, -0.25) is 0 Å². The summed E-state index contributed by atoms with van der Waals surface area (Å²) in [4.78, 5) is 8.90. The maximum Gasteiger partial charge on any atom is 0.490 e. The Morgan fingerprint density at radius 2 is 1.80 bits per heavy atom. The molecule has 9 heteroatoms. The molecule has 0 saturated carbocycles. The molecule has 4 N–H and O–H groups in total. The number of rotatable bonds is 5. The number of carbonyl (C=O) groups is 1. The average Bonchev–Trinajstić information content (AvgIpc) is 2.50. The molecule has 1 unspecified atom stereocenters. The summed E-state index contributed by atoms with van der Waals surface area (Å²) in [5.41, 5.74) is 1.43. The highest BCUT2D eigenvalue weighted by Crippen LogP contribution is 2.23. The maximum absolute atomic E-state index is 10.6. The highest BCUT2D eigenvalue weighted by atomic mass is 19.4. The minimum atomic E-state index is -5.08. The Balaban J connectivity index is 0.000000697. The Morgan fingerprint density at radius 1 is 1.28 bits per heavy atom. The van der Waals surface area contributed by atoms with Crippen LogP contribution in [0, 0.1) is 0 Å². The van der Waals surface area contributed by atoms with Gasteiger partial charge in [0.25, 0.3) is 0 Å². The van der Waals surface area contributed by atoms with E-state index in [4.69, 9.17) is 14.6 Å². The number of β-amino-alcohol motifs (C(OH)–C–C–N with tert-alkyl or cyclic N) is 1. The van der Waals surface area contributed by atoms with E-state index in [0.717, 1.165) is 5.56 Å². The van der Waals surface area contributed by atoms with Crippen LogP contribution in [0.1, 0.15) is 38.0 Å². The number of nitrogens with one attached hydrogen (secondary N) is 1. The van der Waals surface area contributed by atoms with Crippen LogP contribution in [0.2, 0.25) is 0 Å². The summed E-state index contributed by atoms with van der Waals surface area (Å²) in [6, 6.07) is 5.35. The van der Waals surface area contributed by atoms with Crippen molar-refractivity contribution in [2.75, 3.05) is 13.7 Å². The van der Waals surface area contributed by atoms with Gasteiger partial charge in [-0.15, -0.1) is 0 Å². The van der Waals surface area contributed by atoms with E-state index < -0.39 is 18.2 Å². The SMILES string of the molecule is COc1ccc(C(O)CNC(C)(C)C)cc1CO.O=C(O)C(F)(F)F. The van der Waals surface area contributed by atoms with Crippen molar-refractivity contribution in [1.82, 2.24) is 5.32 Å². The van der Waals surface area contributed by atoms with E-state index in [1.54, 1.807) is 19.2 Å². The molecule has 1 rings (SSSR count). The molecule has 0 amide bonds. The molecule has 0 aliphatic heterocycles. The number of methoxy groups -OCH3 is 1. The zero-order valence-corrected chi connectivity index (χ0v) is 14.5. The van der Waals surface area contributed by atoms with Crippen LogP contribution in [-0.4, -0.2) is 46.7 Å². The van der Waals surface area contributed by atoms with Crippen LogP contribution < -0.4 is 10.1 Å². The number of carboxylic acids is 1. The first kappa shape index (κ1) is 23.2. The highest BCUT2D eigenvalue weighted by molar-refractivity contribution is 5.73. The maximum atomic E-state index is 10.6. The Hall–Kier alpha value is -1.84. The fourth-order valence-electron chi connectivity index (χ4n) is 1.65. The molecule has 0 bridgehead atoms. The van der Waals surface area contributed by atoms with Crippen molar-refractivity contribution in [2.24, 2.45) is 0 Å². The fourth-order valence-corrected chi connectivity index (χ4v) is 1.65. The van der Waals surface area contributed by atoms with Gasteiger partial charge < -0.3 is 25.4 Å². The van der Waals surface area contributed by atoms with Crippen molar-refractivity contribution < 1.29 is 38.0 Å². The molecule has 0 saturated heterocycles. The quantitative estimate of drug-likeness (QED) is 0.637. The zero-order valence-electron chi connectivity index (χ0n) is 14.5. The fraction of sp³-hybridized carbons (Fsp3) is 0.562. The lowest BCUT2D eigenvalue weighted by molar-refractivity contribution is -0.192. The summed E-state index contributed by atoms with van der Waals surface area (Å²) in [5.74, 6) is -2.12. The second-order valence-corrected chi connectivity index (χ2v) is 6.18. The van der Waals surface area contributed by atoms with Crippen molar-refractivity contribution in [3.63, 3.8) is 0 Å². The van der Waals surface area contributed by atoms with Gasteiger partial charge in [0, 0.05) is 17.6 Å². The van der Waals surface area contributed by atoms with Crippen molar-refractivity contribution in [2.45, 2.75) is 45.2 Å². The van der Waals surface area contributed by atoms with Gasteiger partial charge in [-0.1, -0.05) is 6.07 Å². The van der Waals surface area contributed by atoms with Gasteiger partial charge in [-0.25, -0.2) is 4.79 Å². The first-order valence-electron chi connectivity index (χ1n) is 7.32. The van der Waals surface area contributed by atoms with Crippen molar-refractivity contribution in [3.8, 4) is 5.75 Å². The predicted molar refractivity (Wildman–Crippen MR) is 85.3 cm³/mol. The number of halogens is 3. The molecule has 1 atom stereocenters. The summed E-state index contributed by atoms with van der Waals surface area (Å²) in [6.45, 7) is 6.52. The highest BCUT2D eigenvalue weighted by Gasteiger charge is 2.38. The third-order valence-electron chi connectivity index (χ3n) is 2.93. The topological polar surface area (TPSA) is 99.0 Å². The summed E-state index contributed by atoms with van der Waals surface area (Å²) in [6.07, 6.45) is -5.68. The predicted octanol–water partition coefficient (Wildman–Crippen LogP) is 2.24. The van der Waals surface area contributed by atoms with E-state index in [-0.39, 0.29) is 12.1 Å². The van der Waals surface area contributed by atoms with Crippen molar-refractivity contribution in [3.05, 3.63) is 29.3 Å². The Labute approximate surface area is 144 Å². The van der Waals surface area contributed by atoms with Gasteiger partial charge in [0.15, 0.2) is 0 Å². The molecular weight excluding hydrogens is 343 g/mol. The van der Waals surface area contributed by atoms with Crippen LogP contribution in [0.25, 0.3) is 0 Å². The van der Waals surface area contributed by atoms with E-state index in [1.165, 1.54) is 0 Å². The van der Waals surface area contributed by atoms with Gasteiger partial charge in [-0.05, 0) is 38.5 Å². The first-order valence-corrected chi connectivity index (χ1v) is 7.32. The third kappa shape index (κ3) is 9.28. The Kier molecular flexibility index (Phi) is 8.89. The van der Waals surface area contributed by atoms with Crippen LogP contribution >= 0.6 is 0 Å². The molecule has 0 aliphatic rings. The van der Waals surface area contributed by atoms with Crippen LogP contribution in [0.15, 0.2) is 18.2 Å². The summed E-state index contributed by atoms with van der Waals surface area (Å²) < 4.78 is 36.9. The molecule has 0 aliphatic carbocycles. The lowest BCUT2D eigenvalue weighted by atomic mass is 10.0. The number of aliphatic hydroxyl groups is 2. The van der Waals surface area contributed by atoms with E-state index in [9.17, 15) is 23.4 Å². The van der Waals surface area contributed by atoms with Crippen LogP contribution in [-0.2, 0) is 11.4 Å². The monoisotopic (exact) mass is 367 g/mol. The Bertz CT molecular complexity index is 556. The number of aliphatic carboxylic acids is 1. The summed E-state index contributed by atoms with van der Waals surface area (Å²) in [5, 5.41) is 29.7. The standard InChI is InChI=1S/C14H23NO3.C2HF3O2/c1-14(2,3)15-8-12(17)10-5-6-13(18-4)11(7-10)9-16;3-2(4,5)1(6)7/h5-7,12,15-17H,8-9H2,1-4H3;(H,6,7). The zero-order chi connectivity index (χ0) is 19.8. The van der Waals surface area contributed by atoms with Gasteiger partial charge in [0.05, 0.1) is 19.8 Å². The molecule has 1 aromatic rings. The number of hydrogen-bond acceptors (Lipinski definition) is 5. The molecule has 25 heavy (non-hydrogen) atoms. The van der Waals surface area contributed by atoms with Crippen LogP contribution in [0.5, 0.6) is 5.75 Å². The molecular formula is C16H24F3NO5. The van der Waals surface area contributed by atoms with E-state index in [0.29, 0.717) is 17.9 Å². The van der Waals surface area contributed by atoms with Crippen LogP contribution in [0.3, 0.4) is 0 Å². The van der Waals surface area contributed by atoms with Gasteiger partial charge in [-0.2, -0.15) is 13.2 Å². The molecule has 0 aromatic heterocycles. The molecule has 0 radical (unpaired) electrons. The molecule has 0 heterocycles. The second-order valence-electron chi connectivity index (χ2n) is 6.18.